The monoisotopic (exact) mass is 186 g/mol. The van der Waals surface area contributed by atoms with E-state index >= 15 is 0 Å². The van der Waals surface area contributed by atoms with Crippen LogP contribution in [0.1, 0.15) is 13.8 Å². The highest BCUT2D eigenvalue weighted by atomic mass is 16.4. The van der Waals surface area contributed by atoms with Gasteiger partial charge in [-0.2, -0.15) is 0 Å². The lowest BCUT2D eigenvalue weighted by molar-refractivity contribution is -0.132. The van der Waals surface area contributed by atoms with Gasteiger partial charge in [0.1, 0.15) is 0 Å². The summed E-state index contributed by atoms with van der Waals surface area (Å²) in [7, 11) is 0. The molecular formula is C9H14O4. The van der Waals surface area contributed by atoms with Crippen LogP contribution in [0, 0.1) is 0 Å². The standard InChI is InChI=1S/C9H14O4/c1-6(4-8(11)5-10)3-7(2)9(12)13/h3-4,8,10-11H,5H2,1-2H3,(H,12,13). The number of aliphatic hydroxyl groups excluding tert-OH is 2. The lowest BCUT2D eigenvalue weighted by Gasteiger charge is -2.01. The highest BCUT2D eigenvalue weighted by molar-refractivity contribution is 5.86. The molecule has 0 aromatic heterocycles. The molecule has 0 radical (unpaired) electrons. The molecule has 0 fully saturated rings. The average Bonchev–Trinajstić information content (AvgIpc) is 2.03. The number of rotatable bonds is 4. The van der Waals surface area contributed by atoms with Gasteiger partial charge in [0.15, 0.2) is 0 Å². The Balaban J connectivity index is 4.44. The van der Waals surface area contributed by atoms with Crippen molar-refractivity contribution in [3.63, 3.8) is 0 Å². The SMILES string of the molecule is CC(=CC(O)CO)C=C(C)C(=O)O. The van der Waals surface area contributed by atoms with Crippen molar-refractivity contribution in [2.75, 3.05) is 6.61 Å². The summed E-state index contributed by atoms with van der Waals surface area (Å²) in [5.41, 5.74) is 0.806. The molecule has 0 rings (SSSR count). The Hall–Kier alpha value is -1.13. The fourth-order valence-corrected chi connectivity index (χ4v) is 0.808. The summed E-state index contributed by atoms with van der Waals surface area (Å²) in [5, 5.41) is 26.0. The van der Waals surface area contributed by atoms with Crippen molar-refractivity contribution < 1.29 is 20.1 Å². The first-order valence-electron chi connectivity index (χ1n) is 3.86. The fraction of sp³-hybridized carbons (Fsp3) is 0.444. The molecule has 0 aliphatic carbocycles. The van der Waals surface area contributed by atoms with Gasteiger partial charge in [0, 0.05) is 5.57 Å². The maximum atomic E-state index is 10.4. The topological polar surface area (TPSA) is 77.8 Å². The number of carbonyl (C=O) groups is 1. The van der Waals surface area contributed by atoms with E-state index in [2.05, 4.69) is 0 Å². The number of hydrogen-bond donors (Lipinski definition) is 3. The van der Waals surface area contributed by atoms with Crippen molar-refractivity contribution in [3.05, 3.63) is 23.3 Å². The Morgan fingerprint density at radius 1 is 1.46 bits per heavy atom. The highest BCUT2D eigenvalue weighted by Crippen LogP contribution is 2.03. The summed E-state index contributed by atoms with van der Waals surface area (Å²) in [6.07, 6.45) is 1.89. The van der Waals surface area contributed by atoms with Crippen LogP contribution in [0.25, 0.3) is 0 Å². The van der Waals surface area contributed by atoms with Crippen molar-refractivity contribution in [3.8, 4) is 0 Å². The van der Waals surface area contributed by atoms with Crippen LogP contribution in [0.2, 0.25) is 0 Å². The summed E-state index contributed by atoms with van der Waals surface area (Å²) >= 11 is 0. The maximum absolute atomic E-state index is 10.4. The van der Waals surface area contributed by atoms with Gasteiger partial charge in [0.05, 0.1) is 12.7 Å². The second-order valence-corrected chi connectivity index (χ2v) is 2.79. The van der Waals surface area contributed by atoms with Crippen LogP contribution in [0.15, 0.2) is 23.3 Å². The normalized spacial score (nSPS) is 15.7. The van der Waals surface area contributed by atoms with Gasteiger partial charge in [0.2, 0.25) is 0 Å². The van der Waals surface area contributed by atoms with Crippen LogP contribution in [0.5, 0.6) is 0 Å². The number of aliphatic hydroxyl groups is 2. The molecule has 0 aromatic carbocycles. The Bertz CT molecular complexity index is 240. The fourth-order valence-electron chi connectivity index (χ4n) is 0.808. The van der Waals surface area contributed by atoms with Gasteiger partial charge < -0.3 is 15.3 Å². The van der Waals surface area contributed by atoms with Gasteiger partial charge in [-0.3, -0.25) is 0 Å². The zero-order valence-electron chi connectivity index (χ0n) is 7.69. The van der Waals surface area contributed by atoms with E-state index < -0.39 is 12.1 Å². The number of carboxylic acids is 1. The summed E-state index contributed by atoms with van der Waals surface area (Å²) in [4.78, 5) is 10.4. The van der Waals surface area contributed by atoms with Crippen molar-refractivity contribution in [1.82, 2.24) is 0 Å². The quantitative estimate of drug-likeness (QED) is 0.436. The largest absolute Gasteiger partial charge is 0.478 e. The van der Waals surface area contributed by atoms with Gasteiger partial charge in [-0.1, -0.05) is 11.6 Å². The zero-order valence-corrected chi connectivity index (χ0v) is 7.69. The minimum Gasteiger partial charge on any atom is -0.478 e. The predicted octanol–water partition coefficient (Wildman–Crippen LogP) is 0.317. The molecule has 0 spiro atoms. The minimum atomic E-state index is -0.994. The second kappa shape index (κ2) is 5.50. The van der Waals surface area contributed by atoms with Gasteiger partial charge in [0.25, 0.3) is 0 Å². The van der Waals surface area contributed by atoms with Crippen molar-refractivity contribution in [2.24, 2.45) is 0 Å². The first kappa shape index (κ1) is 11.9. The van der Waals surface area contributed by atoms with Gasteiger partial charge in [-0.15, -0.1) is 0 Å². The van der Waals surface area contributed by atoms with Crippen molar-refractivity contribution in [1.29, 1.82) is 0 Å². The Morgan fingerprint density at radius 2 is 2.00 bits per heavy atom. The molecule has 1 atom stereocenters. The molecule has 1 unspecified atom stereocenters. The van der Waals surface area contributed by atoms with Crippen LogP contribution < -0.4 is 0 Å². The van der Waals surface area contributed by atoms with E-state index in [1.54, 1.807) is 6.92 Å². The van der Waals surface area contributed by atoms with E-state index in [4.69, 9.17) is 15.3 Å². The van der Waals surface area contributed by atoms with E-state index in [1.165, 1.54) is 19.1 Å². The van der Waals surface area contributed by atoms with E-state index in [0.29, 0.717) is 5.57 Å². The van der Waals surface area contributed by atoms with Crippen molar-refractivity contribution >= 4 is 5.97 Å². The summed E-state index contributed by atoms with van der Waals surface area (Å²) < 4.78 is 0. The first-order chi connectivity index (χ1) is 5.97. The lowest BCUT2D eigenvalue weighted by Crippen LogP contribution is -2.08. The van der Waals surface area contributed by atoms with E-state index in [-0.39, 0.29) is 12.2 Å². The molecule has 0 bridgehead atoms. The molecule has 3 N–H and O–H groups in total. The van der Waals surface area contributed by atoms with Crippen LogP contribution in [-0.4, -0.2) is 34.0 Å². The van der Waals surface area contributed by atoms with E-state index in [0.717, 1.165) is 0 Å². The molecule has 0 saturated heterocycles. The molecule has 0 amide bonds. The Morgan fingerprint density at radius 3 is 2.38 bits per heavy atom. The van der Waals surface area contributed by atoms with Crippen LogP contribution in [0.4, 0.5) is 0 Å². The van der Waals surface area contributed by atoms with Crippen LogP contribution in [0.3, 0.4) is 0 Å². The summed E-state index contributed by atoms with van der Waals surface area (Å²) in [5.74, 6) is -0.994. The molecule has 0 saturated carbocycles. The highest BCUT2D eigenvalue weighted by Gasteiger charge is 2.00. The zero-order chi connectivity index (χ0) is 10.4. The molecule has 13 heavy (non-hydrogen) atoms. The molecule has 4 heteroatoms. The van der Waals surface area contributed by atoms with Crippen LogP contribution >= 0.6 is 0 Å². The summed E-state index contributed by atoms with van der Waals surface area (Å²) in [6.45, 7) is 2.76. The lowest BCUT2D eigenvalue weighted by atomic mass is 10.1. The van der Waals surface area contributed by atoms with Crippen molar-refractivity contribution in [2.45, 2.75) is 20.0 Å². The van der Waals surface area contributed by atoms with E-state index in [1.807, 2.05) is 0 Å². The molecule has 4 nitrogen and oxygen atoms in total. The number of aliphatic carboxylic acids is 1. The Labute approximate surface area is 76.8 Å². The number of hydrogen-bond acceptors (Lipinski definition) is 3. The first-order valence-corrected chi connectivity index (χ1v) is 3.86. The van der Waals surface area contributed by atoms with Gasteiger partial charge in [-0.05, 0) is 19.9 Å². The molecular weight excluding hydrogens is 172 g/mol. The third-order valence-electron chi connectivity index (χ3n) is 1.42. The minimum absolute atomic E-state index is 0.193. The molecule has 0 aliphatic heterocycles. The molecule has 74 valence electrons. The Kier molecular flexibility index (Phi) is 5.03. The molecule has 0 aromatic rings. The smallest absolute Gasteiger partial charge is 0.331 e. The third kappa shape index (κ3) is 5.16. The molecule has 0 heterocycles. The summed E-state index contributed by atoms with van der Waals surface area (Å²) in [6, 6.07) is 0. The molecule has 0 aliphatic rings. The van der Waals surface area contributed by atoms with E-state index in [9.17, 15) is 4.79 Å². The third-order valence-corrected chi connectivity index (χ3v) is 1.42. The second-order valence-electron chi connectivity index (χ2n) is 2.79. The maximum Gasteiger partial charge on any atom is 0.331 e. The average molecular weight is 186 g/mol. The number of allylic oxidation sites excluding steroid dienone is 2. The van der Waals surface area contributed by atoms with Gasteiger partial charge in [-0.25, -0.2) is 4.79 Å². The predicted molar refractivity (Wildman–Crippen MR) is 48.2 cm³/mol. The van der Waals surface area contributed by atoms with Gasteiger partial charge >= 0.3 is 5.97 Å². The number of carboxylic acid groups (broad SMARTS) is 1. The van der Waals surface area contributed by atoms with Crippen LogP contribution in [-0.2, 0) is 4.79 Å².